The number of piperidine rings is 1. The van der Waals surface area contributed by atoms with Crippen LogP contribution >= 0.6 is 11.3 Å². The van der Waals surface area contributed by atoms with Crippen molar-refractivity contribution in [2.45, 2.75) is 19.4 Å². The van der Waals surface area contributed by atoms with E-state index in [1.54, 1.807) is 22.3 Å². The Morgan fingerprint density at radius 3 is 3.15 bits per heavy atom. The first-order valence-corrected chi connectivity index (χ1v) is 7.51. The van der Waals surface area contributed by atoms with Gasteiger partial charge >= 0.3 is 0 Å². The molecular weight excluding hydrogens is 276 g/mol. The summed E-state index contributed by atoms with van der Waals surface area (Å²) in [6, 6.07) is 5.54. The number of likely N-dealkylation sites (tertiary alicyclic amines) is 1. The van der Waals surface area contributed by atoms with E-state index in [4.69, 9.17) is 4.52 Å². The van der Waals surface area contributed by atoms with Gasteiger partial charge in [-0.3, -0.25) is 4.79 Å². The molecule has 0 spiro atoms. The summed E-state index contributed by atoms with van der Waals surface area (Å²) in [6.07, 6.45) is 0.292. The van der Waals surface area contributed by atoms with Crippen LogP contribution in [0.4, 0.5) is 0 Å². The molecule has 2 aromatic heterocycles. The Labute approximate surface area is 120 Å². The van der Waals surface area contributed by atoms with Gasteiger partial charge in [0.1, 0.15) is 0 Å². The van der Waals surface area contributed by atoms with Crippen LogP contribution in [0, 0.1) is 5.92 Å². The highest BCUT2D eigenvalue weighted by Gasteiger charge is 2.29. The van der Waals surface area contributed by atoms with Crippen molar-refractivity contribution in [2.24, 2.45) is 5.92 Å². The first kappa shape index (κ1) is 13.3. The Morgan fingerprint density at radius 2 is 2.45 bits per heavy atom. The number of carbonyl (C=O) groups excluding carboxylic acids is 1. The predicted octanol–water partition coefficient (Wildman–Crippen LogP) is 2.25. The van der Waals surface area contributed by atoms with Crippen molar-refractivity contribution in [1.82, 2.24) is 10.1 Å². The molecule has 6 heteroatoms. The Balaban J connectivity index is 1.75. The lowest BCUT2D eigenvalue weighted by Gasteiger charge is -2.33. The molecule has 20 heavy (non-hydrogen) atoms. The number of aliphatic hydroxyl groups is 1. The highest BCUT2D eigenvalue weighted by molar-refractivity contribution is 7.13. The van der Waals surface area contributed by atoms with Crippen LogP contribution in [0.2, 0.25) is 0 Å². The Morgan fingerprint density at radius 1 is 1.60 bits per heavy atom. The first-order chi connectivity index (χ1) is 9.65. The maximum absolute atomic E-state index is 12.4. The minimum atomic E-state index is -0.321. The van der Waals surface area contributed by atoms with Crippen molar-refractivity contribution < 1.29 is 14.4 Å². The highest BCUT2D eigenvalue weighted by atomic mass is 32.1. The van der Waals surface area contributed by atoms with Crippen LogP contribution in [-0.4, -0.2) is 40.3 Å². The van der Waals surface area contributed by atoms with Crippen molar-refractivity contribution in [3.8, 4) is 10.6 Å². The quantitative estimate of drug-likeness (QED) is 0.922. The van der Waals surface area contributed by atoms with Gasteiger partial charge in [0.25, 0.3) is 5.91 Å². The molecule has 3 heterocycles. The van der Waals surface area contributed by atoms with E-state index in [2.05, 4.69) is 5.16 Å². The number of thiophene rings is 1. The predicted molar refractivity (Wildman–Crippen MR) is 75.5 cm³/mol. The summed E-state index contributed by atoms with van der Waals surface area (Å²) in [5.41, 5.74) is 0.331. The van der Waals surface area contributed by atoms with Crippen molar-refractivity contribution in [3.63, 3.8) is 0 Å². The summed E-state index contributed by atoms with van der Waals surface area (Å²) in [4.78, 5) is 15.0. The zero-order chi connectivity index (χ0) is 14.1. The van der Waals surface area contributed by atoms with Crippen LogP contribution in [0.5, 0.6) is 0 Å². The molecule has 0 saturated carbocycles. The van der Waals surface area contributed by atoms with Crippen molar-refractivity contribution >= 4 is 17.2 Å². The SMILES string of the molecule is CC1CN(C(=O)c2cc(-c3cccs3)on2)CCC1O. The van der Waals surface area contributed by atoms with E-state index < -0.39 is 0 Å². The fraction of sp³-hybridized carbons (Fsp3) is 0.429. The van der Waals surface area contributed by atoms with Gasteiger partial charge < -0.3 is 14.5 Å². The zero-order valence-electron chi connectivity index (χ0n) is 11.2. The molecule has 2 aromatic rings. The topological polar surface area (TPSA) is 66.6 Å². The third-order valence-electron chi connectivity index (χ3n) is 3.64. The minimum Gasteiger partial charge on any atom is -0.393 e. The number of hydrogen-bond acceptors (Lipinski definition) is 5. The second kappa shape index (κ2) is 5.38. The maximum atomic E-state index is 12.4. The molecule has 2 atom stereocenters. The molecule has 0 bridgehead atoms. The van der Waals surface area contributed by atoms with Gasteiger partial charge in [-0.05, 0) is 23.8 Å². The van der Waals surface area contributed by atoms with Gasteiger partial charge in [0.05, 0.1) is 11.0 Å². The van der Waals surface area contributed by atoms with Crippen LogP contribution in [0.15, 0.2) is 28.1 Å². The molecule has 1 fully saturated rings. The average molecular weight is 292 g/mol. The van der Waals surface area contributed by atoms with Crippen molar-refractivity contribution in [2.75, 3.05) is 13.1 Å². The molecule has 1 amide bonds. The average Bonchev–Trinajstić information content (AvgIpc) is 3.11. The largest absolute Gasteiger partial charge is 0.393 e. The van der Waals surface area contributed by atoms with E-state index in [0.717, 1.165) is 4.88 Å². The fourth-order valence-electron chi connectivity index (χ4n) is 2.39. The molecule has 106 valence electrons. The number of rotatable bonds is 2. The molecule has 0 aliphatic carbocycles. The van der Waals surface area contributed by atoms with Gasteiger partial charge in [-0.15, -0.1) is 11.3 Å². The molecule has 1 N–H and O–H groups in total. The molecule has 0 aromatic carbocycles. The summed E-state index contributed by atoms with van der Waals surface area (Å²) in [6.45, 7) is 3.07. The van der Waals surface area contributed by atoms with E-state index in [9.17, 15) is 9.90 Å². The number of nitrogens with zero attached hydrogens (tertiary/aromatic N) is 2. The van der Waals surface area contributed by atoms with Gasteiger partial charge in [-0.2, -0.15) is 0 Å². The van der Waals surface area contributed by atoms with Crippen LogP contribution in [-0.2, 0) is 0 Å². The zero-order valence-corrected chi connectivity index (χ0v) is 12.0. The Hall–Kier alpha value is -1.66. The molecule has 5 nitrogen and oxygen atoms in total. The van der Waals surface area contributed by atoms with Crippen LogP contribution in [0.3, 0.4) is 0 Å². The standard InChI is InChI=1S/C14H16N2O3S/c1-9-8-16(5-4-11(9)17)14(18)10-7-12(19-15-10)13-3-2-6-20-13/h2-3,6-7,9,11,17H,4-5,8H2,1H3. The molecule has 1 aliphatic rings. The van der Waals surface area contributed by atoms with E-state index >= 15 is 0 Å². The van der Waals surface area contributed by atoms with Crippen molar-refractivity contribution in [1.29, 1.82) is 0 Å². The van der Waals surface area contributed by atoms with E-state index in [1.807, 2.05) is 24.4 Å². The number of aliphatic hydroxyl groups excluding tert-OH is 1. The molecule has 1 aliphatic heterocycles. The number of hydrogen-bond donors (Lipinski definition) is 1. The Bertz CT molecular complexity index is 593. The Kier molecular flexibility index (Phi) is 3.58. The molecular formula is C14H16N2O3S. The van der Waals surface area contributed by atoms with Gasteiger partial charge in [0, 0.05) is 19.2 Å². The van der Waals surface area contributed by atoms with Gasteiger partial charge in [-0.1, -0.05) is 18.1 Å². The second-order valence-electron chi connectivity index (χ2n) is 5.14. The summed E-state index contributed by atoms with van der Waals surface area (Å²) in [5.74, 6) is 0.583. The highest BCUT2D eigenvalue weighted by Crippen LogP contribution is 2.26. The summed E-state index contributed by atoms with van der Waals surface area (Å²) < 4.78 is 5.23. The smallest absolute Gasteiger partial charge is 0.276 e. The number of aromatic nitrogens is 1. The van der Waals surface area contributed by atoms with Gasteiger partial charge in [0.15, 0.2) is 11.5 Å². The summed E-state index contributed by atoms with van der Waals surface area (Å²) in [5, 5.41) is 15.5. The van der Waals surface area contributed by atoms with E-state index in [1.165, 1.54) is 0 Å². The fourth-order valence-corrected chi connectivity index (χ4v) is 3.06. The number of carbonyl (C=O) groups is 1. The first-order valence-electron chi connectivity index (χ1n) is 6.63. The van der Waals surface area contributed by atoms with Crippen LogP contribution in [0.1, 0.15) is 23.8 Å². The second-order valence-corrected chi connectivity index (χ2v) is 6.09. The normalized spacial score (nSPS) is 23.0. The van der Waals surface area contributed by atoms with E-state index in [0.29, 0.717) is 31.0 Å². The molecule has 1 saturated heterocycles. The maximum Gasteiger partial charge on any atom is 0.276 e. The third kappa shape index (κ3) is 2.48. The van der Waals surface area contributed by atoms with Gasteiger partial charge in [0.2, 0.25) is 0 Å². The summed E-state index contributed by atoms with van der Waals surface area (Å²) in [7, 11) is 0. The number of amides is 1. The molecule has 0 radical (unpaired) electrons. The van der Waals surface area contributed by atoms with Crippen LogP contribution < -0.4 is 0 Å². The summed E-state index contributed by atoms with van der Waals surface area (Å²) >= 11 is 1.55. The molecule has 3 rings (SSSR count). The third-order valence-corrected chi connectivity index (χ3v) is 4.52. The van der Waals surface area contributed by atoms with Crippen LogP contribution in [0.25, 0.3) is 10.6 Å². The monoisotopic (exact) mass is 292 g/mol. The van der Waals surface area contributed by atoms with Crippen molar-refractivity contribution in [3.05, 3.63) is 29.3 Å². The molecule has 2 unspecified atom stereocenters. The lowest BCUT2D eigenvalue weighted by molar-refractivity contribution is 0.0292. The van der Waals surface area contributed by atoms with E-state index in [-0.39, 0.29) is 17.9 Å². The van der Waals surface area contributed by atoms with Gasteiger partial charge in [-0.25, -0.2) is 0 Å². The lowest BCUT2D eigenvalue weighted by Crippen LogP contribution is -2.45. The lowest BCUT2D eigenvalue weighted by atomic mass is 9.96. The minimum absolute atomic E-state index is 0.0939.